The molecule has 33 heavy (non-hydrogen) atoms. The maximum Gasteiger partial charge on any atom is 0.108 e. The molecule has 0 aliphatic carbocycles. The lowest BCUT2D eigenvalue weighted by Gasteiger charge is -2.43. The van der Waals surface area contributed by atoms with E-state index in [2.05, 4.69) is 41.5 Å². The summed E-state index contributed by atoms with van der Waals surface area (Å²) < 4.78 is 1.17. The number of aliphatic hydroxyl groups excluding tert-OH is 1. The van der Waals surface area contributed by atoms with Gasteiger partial charge in [0.15, 0.2) is 0 Å². The van der Waals surface area contributed by atoms with Crippen LogP contribution in [0.2, 0.25) is 0 Å². The zero-order chi connectivity index (χ0) is 24.1. The summed E-state index contributed by atoms with van der Waals surface area (Å²) in [5.41, 5.74) is -0.0210. The van der Waals surface area contributed by atoms with Gasteiger partial charge >= 0.3 is 0 Å². The van der Waals surface area contributed by atoms with E-state index in [1.165, 1.54) is 140 Å². The molecule has 0 aliphatic heterocycles. The number of unbranched alkanes of at least 4 members (excludes halogenated alkanes) is 15. The van der Waals surface area contributed by atoms with Crippen LogP contribution in [0.5, 0.6) is 0 Å². The summed E-state index contributed by atoms with van der Waals surface area (Å²) in [4.78, 5) is 0. The summed E-state index contributed by atoms with van der Waals surface area (Å²) in [6, 6.07) is 0. The third-order valence-electron chi connectivity index (χ3n) is 7.52. The van der Waals surface area contributed by atoms with Crippen LogP contribution in [-0.2, 0) is 0 Å². The molecule has 0 amide bonds. The van der Waals surface area contributed by atoms with Crippen molar-refractivity contribution >= 4 is 0 Å². The number of quaternary nitrogens is 1. The van der Waals surface area contributed by atoms with Crippen LogP contribution >= 0.6 is 0 Å². The molecule has 0 saturated carbocycles. The molecular formula is C30H64BrNO. The van der Waals surface area contributed by atoms with Gasteiger partial charge in [0.05, 0.1) is 19.6 Å². The minimum atomic E-state index is -0.206. The van der Waals surface area contributed by atoms with Gasteiger partial charge in [-0.2, -0.15) is 0 Å². The maximum atomic E-state index is 11.1. The van der Waals surface area contributed by atoms with Crippen LogP contribution in [-0.4, -0.2) is 41.9 Å². The lowest BCUT2D eigenvalue weighted by molar-refractivity contribution is -0.932. The quantitative estimate of drug-likeness (QED) is 0.121. The fraction of sp³-hybridized carbons (Fsp3) is 1.00. The first kappa shape index (κ1) is 35.6. The van der Waals surface area contributed by atoms with Crippen LogP contribution in [0, 0.1) is 5.41 Å². The number of nitrogens with zero attached hydrogens (tertiary/aromatic N) is 1. The van der Waals surface area contributed by atoms with Gasteiger partial charge in [0.2, 0.25) is 0 Å². The normalized spacial score (nSPS) is 13.2. The fourth-order valence-corrected chi connectivity index (χ4v) is 4.93. The minimum absolute atomic E-state index is 0. The molecule has 1 N–H and O–H groups in total. The van der Waals surface area contributed by atoms with Crippen LogP contribution in [0.15, 0.2) is 0 Å². The predicted molar refractivity (Wildman–Crippen MR) is 145 cm³/mol. The standard InChI is InChI=1S/C30H64NO.BrH/c1-7-10-13-16-19-22-25-31(28-29(32)30(4,5)6,26-23-20-17-14-11-8-2)27-24-21-18-15-12-9-3;/h29,32H,7-28H2,1-6H3;1H/q+1;/p-1. The summed E-state index contributed by atoms with van der Waals surface area (Å²) in [5.74, 6) is 0. The van der Waals surface area contributed by atoms with Crippen molar-refractivity contribution in [3.8, 4) is 0 Å². The van der Waals surface area contributed by atoms with E-state index < -0.39 is 0 Å². The Morgan fingerprint density at radius 2 is 0.788 bits per heavy atom. The second kappa shape index (κ2) is 22.8. The molecule has 0 aromatic heterocycles. The zero-order valence-electron chi connectivity index (χ0n) is 23.9. The van der Waals surface area contributed by atoms with Crippen molar-refractivity contribution in [2.45, 2.75) is 163 Å². The Morgan fingerprint density at radius 1 is 0.515 bits per heavy atom. The maximum absolute atomic E-state index is 11.1. The van der Waals surface area contributed by atoms with Gasteiger partial charge in [-0.1, -0.05) is 119 Å². The molecule has 2 nitrogen and oxygen atoms in total. The first-order valence-corrected chi connectivity index (χ1v) is 14.8. The third kappa shape index (κ3) is 20.3. The molecule has 202 valence electrons. The van der Waals surface area contributed by atoms with Crippen LogP contribution in [0.4, 0.5) is 0 Å². The first-order chi connectivity index (χ1) is 15.3. The molecule has 0 saturated heterocycles. The molecule has 0 heterocycles. The van der Waals surface area contributed by atoms with Crippen LogP contribution < -0.4 is 17.0 Å². The lowest BCUT2D eigenvalue weighted by Crippen LogP contribution is -3.00. The van der Waals surface area contributed by atoms with E-state index in [4.69, 9.17) is 0 Å². The van der Waals surface area contributed by atoms with Crippen molar-refractivity contribution in [3.63, 3.8) is 0 Å². The van der Waals surface area contributed by atoms with Gasteiger partial charge in [-0.05, 0) is 43.9 Å². The van der Waals surface area contributed by atoms with Crippen LogP contribution in [0.25, 0.3) is 0 Å². The van der Waals surface area contributed by atoms with Crippen LogP contribution in [0.3, 0.4) is 0 Å². The van der Waals surface area contributed by atoms with Gasteiger partial charge in [-0.3, -0.25) is 0 Å². The molecule has 1 atom stereocenters. The van der Waals surface area contributed by atoms with Crippen molar-refractivity contribution in [2.24, 2.45) is 5.41 Å². The summed E-state index contributed by atoms with van der Waals surface area (Å²) in [5, 5.41) is 11.1. The Kier molecular flexibility index (Phi) is 24.6. The molecular weight excluding hydrogens is 470 g/mol. The van der Waals surface area contributed by atoms with E-state index in [0.29, 0.717) is 0 Å². The molecule has 1 unspecified atom stereocenters. The van der Waals surface area contributed by atoms with Gasteiger partial charge in [0, 0.05) is 0 Å². The average molecular weight is 535 g/mol. The van der Waals surface area contributed by atoms with E-state index in [0.717, 1.165) is 6.54 Å². The highest BCUT2D eigenvalue weighted by Gasteiger charge is 2.34. The number of hydrogen-bond acceptors (Lipinski definition) is 1. The monoisotopic (exact) mass is 533 g/mol. The van der Waals surface area contributed by atoms with E-state index in [1.54, 1.807) is 0 Å². The molecule has 3 heteroatoms. The first-order valence-electron chi connectivity index (χ1n) is 14.8. The highest BCUT2D eigenvalue weighted by molar-refractivity contribution is 4.73. The molecule has 0 bridgehead atoms. The number of aliphatic hydroxyl groups is 1. The van der Waals surface area contributed by atoms with Gasteiger partial charge in [0.1, 0.15) is 12.6 Å². The summed E-state index contributed by atoms with van der Waals surface area (Å²) in [7, 11) is 0. The molecule has 0 aliphatic rings. The highest BCUT2D eigenvalue weighted by atomic mass is 79.9. The zero-order valence-corrected chi connectivity index (χ0v) is 25.5. The van der Waals surface area contributed by atoms with Crippen molar-refractivity contribution in [1.82, 2.24) is 0 Å². The Bertz CT molecular complexity index is 352. The van der Waals surface area contributed by atoms with Gasteiger partial charge in [-0.25, -0.2) is 0 Å². The Morgan fingerprint density at radius 3 is 1.06 bits per heavy atom. The molecule has 0 radical (unpaired) electrons. The van der Waals surface area contributed by atoms with Gasteiger partial charge < -0.3 is 26.6 Å². The van der Waals surface area contributed by atoms with E-state index >= 15 is 0 Å². The Balaban J connectivity index is 0. The molecule has 0 fully saturated rings. The van der Waals surface area contributed by atoms with Crippen molar-refractivity contribution < 1.29 is 26.6 Å². The highest BCUT2D eigenvalue weighted by Crippen LogP contribution is 2.26. The largest absolute Gasteiger partial charge is 1.00 e. The Labute approximate surface area is 221 Å². The lowest BCUT2D eigenvalue weighted by atomic mass is 9.88. The van der Waals surface area contributed by atoms with Gasteiger partial charge in [0.25, 0.3) is 0 Å². The third-order valence-corrected chi connectivity index (χ3v) is 7.52. The SMILES string of the molecule is CCCCCCCC[N+](CCCCCCCC)(CCCCCCCC)CC(O)C(C)(C)C.[Br-]. The Hall–Kier alpha value is 0.400. The summed E-state index contributed by atoms with van der Waals surface area (Å²) in [6.07, 6.45) is 24.5. The second-order valence-electron chi connectivity index (χ2n) is 11.9. The van der Waals surface area contributed by atoms with Crippen molar-refractivity contribution in [2.75, 3.05) is 26.2 Å². The van der Waals surface area contributed by atoms with Crippen LogP contribution in [0.1, 0.15) is 157 Å². The number of rotatable bonds is 23. The second-order valence-corrected chi connectivity index (χ2v) is 11.9. The fourth-order valence-electron chi connectivity index (χ4n) is 4.93. The molecule has 0 aromatic rings. The number of hydrogen-bond donors (Lipinski definition) is 1. The van der Waals surface area contributed by atoms with E-state index in [-0.39, 0.29) is 28.5 Å². The summed E-state index contributed by atoms with van der Waals surface area (Å²) in [6.45, 7) is 18.4. The van der Waals surface area contributed by atoms with E-state index in [1.807, 2.05) is 0 Å². The van der Waals surface area contributed by atoms with Crippen molar-refractivity contribution in [1.29, 1.82) is 0 Å². The predicted octanol–water partition coefficient (Wildman–Crippen LogP) is 6.30. The number of halogens is 1. The van der Waals surface area contributed by atoms with E-state index in [9.17, 15) is 5.11 Å². The smallest absolute Gasteiger partial charge is 0.108 e. The molecule has 0 rings (SSSR count). The molecule has 0 aromatic carbocycles. The van der Waals surface area contributed by atoms with Crippen molar-refractivity contribution in [3.05, 3.63) is 0 Å². The summed E-state index contributed by atoms with van der Waals surface area (Å²) >= 11 is 0. The minimum Gasteiger partial charge on any atom is -1.00 e. The average Bonchev–Trinajstić information content (AvgIpc) is 2.75. The van der Waals surface area contributed by atoms with Gasteiger partial charge in [-0.15, -0.1) is 0 Å². The molecule has 0 spiro atoms. The topological polar surface area (TPSA) is 20.2 Å².